The monoisotopic (exact) mass is 414 g/mol. The maximum absolute atomic E-state index is 4.50. The first-order valence-electron chi connectivity index (χ1n) is 7.21. The van der Waals surface area contributed by atoms with Gasteiger partial charge < -0.3 is 0 Å². The Morgan fingerprint density at radius 3 is 1.42 bits per heavy atom. The predicted molar refractivity (Wildman–Crippen MR) is 103 cm³/mol. The molecule has 0 N–H and O–H groups in total. The summed E-state index contributed by atoms with van der Waals surface area (Å²) in [5.74, 6) is 0. The van der Waals surface area contributed by atoms with Gasteiger partial charge in [-0.15, -0.1) is 72.5 Å². The summed E-state index contributed by atoms with van der Waals surface area (Å²) in [6.45, 7) is 6.00. The molecule has 0 radical (unpaired) electrons. The molecule has 0 saturated heterocycles. The van der Waals surface area contributed by atoms with Crippen LogP contribution in [0.15, 0.2) is 98.1 Å². The molecule has 0 aromatic heterocycles. The zero-order valence-electron chi connectivity index (χ0n) is 13.8. The fourth-order valence-electron chi connectivity index (χ4n) is 2.14. The van der Waals surface area contributed by atoms with Crippen LogP contribution in [0.2, 0.25) is 0 Å². The molecule has 0 unspecified atom stereocenters. The Balaban J connectivity index is 0.000000339. The topological polar surface area (TPSA) is 9.23 Å². The van der Waals surface area contributed by atoms with E-state index in [1.165, 1.54) is 28.7 Å². The summed E-state index contributed by atoms with van der Waals surface area (Å²) < 4.78 is 3.72. The normalized spacial score (nSPS) is 8.58. The average molecular weight is 416 g/mol. The van der Waals surface area contributed by atoms with Crippen LogP contribution in [0.3, 0.4) is 0 Å². The van der Waals surface area contributed by atoms with Crippen LogP contribution in [0.4, 0.5) is 0 Å². The van der Waals surface area contributed by atoms with E-state index in [0.29, 0.717) is 0 Å². The minimum atomic E-state index is 0. The van der Waals surface area contributed by atoms with E-state index in [0.717, 1.165) is 0 Å². The minimum Gasteiger partial charge on any atom is -0.283 e. The second kappa shape index (κ2) is 13.9. The van der Waals surface area contributed by atoms with Crippen LogP contribution in [0.1, 0.15) is 0 Å². The Morgan fingerprint density at radius 1 is 0.750 bits per heavy atom. The van der Waals surface area contributed by atoms with Crippen molar-refractivity contribution in [3.05, 3.63) is 98.1 Å². The van der Waals surface area contributed by atoms with E-state index in [1.807, 2.05) is 0 Å². The van der Waals surface area contributed by atoms with E-state index >= 15 is 0 Å². The zero-order valence-corrected chi connectivity index (χ0v) is 17.0. The Hall–Kier alpha value is -1.47. The van der Waals surface area contributed by atoms with Gasteiger partial charge in [0, 0.05) is 0 Å². The summed E-state index contributed by atoms with van der Waals surface area (Å²) in [6.07, 6.45) is 0. The molecule has 0 saturated carbocycles. The van der Waals surface area contributed by atoms with Crippen molar-refractivity contribution in [3.8, 4) is 0 Å². The number of rotatable bonds is 0. The van der Waals surface area contributed by atoms with Crippen LogP contribution in [0, 0.1) is 0 Å². The Labute approximate surface area is 168 Å². The largest absolute Gasteiger partial charge is 2.00 e. The van der Waals surface area contributed by atoms with Crippen molar-refractivity contribution in [1.82, 2.24) is 0 Å². The molecule has 4 rings (SSSR count). The molecule has 0 heterocycles. The maximum atomic E-state index is 4.50. The van der Waals surface area contributed by atoms with E-state index in [-0.39, 0.29) is 26.2 Å². The first-order chi connectivity index (χ1) is 11.3. The Bertz CT molecular complexity index is 662. The standard InChI is InChI=1S/2C9H7.C2H4.CH3ClO.Zr/c2*1-2-5-9-7-3-6-8(9)4-1;1-2;1-3-2;/h2*1-7H;1-2H2;1H3;/q2*-1;;;+2. The summed E-state index contributed by atoms with van der Waals surface area (Å²) in [7, 11) is 1.39. The van der Waals surface area contributed by atoms with E-state index in [1.54, 1.807) is 0 Å². The van der Waals surface area contributed by atoms with Crippen molar-refractivity contribution in [2.24, 2.45) is 0 Å². The van der Waals surface area contributed by atoms with E-state index < -0.39 is 0 Å². The number of benzene rings is 2. The maximum Gasteiger partial charge on any atom is 2.00 e. The Morgan fingerprint density at radius 2 is 1.08 bits per heavy atom. The van der Waals surface area contributed by atoms with Gasteiger partial charge in [0.1, 0.15) is 0 Å². The molecule has 24 heavy (non-hydrogen) atoms. The SMILES string of the molecule is C=C.COCl.[Zr+2].c1ccc2[cH-]ccc2c1.c1ccc2[cH-]ccc2c1. The molecular formula is C21H21ClOZr. The van der Waals surface area contributed by atoms with Gasteiger partial charge in [0.2, 0.25) is 0 Å². The van der Waals surface area contributed by atoms with Gasteiger partial charge in [-0.25, -0.2) is 0 Å². The first kappa shape index (κ1) is 22.5. The zero-order chi connectivity index (χ0) is 16.9. The van der Waals surface area contributed by atoms with Crippen LogP contribution < -0.4 is 0 Å². The van der Waals surface area contributed by atoms with Crippen LogP contribution in [0.5, 0.6) is 0 Å². The van der Waals surface area contributed by atoms with Crippen molar-refractivity contribution in [1.29, 1.82) is 0 Å². The quantitative estimate of drug-likeness (QED) is 0.229. The molecule has 3 heteroatoms. The van der Waals surface area contributed by atoms with Crippen LogP contribution in [-0.2, 0) is 30.5 Å². The summed E-state index contributed by atoms with van der Waals surface area (Å²) >= 11 is 4.50. The third kappa shape index (κ3) is 7.40. The average Bonchev–Trinajstić information content (AvgIpc) is 3.27. The van der Waals surface area contributed by atoms with Crippen LogP contribution in [-0.4, -0.2) is 7.11 Å². The molecule has 0 spiro atoms. The van der Waals surface area contributed by atoms with E-state index in [4.69, 9.17) is 0 Å². The molecule has 0 atom stereocenters. The number of fused-ring (bicyclic) bond motifs is 2. The number of hydrogen-bond acceptors (Lipinski definition) is 1. The van der Waals surface area contributed by atoms with Crippen LogP contribution >= 0.6 is 11.9 Å². The van der Waals surface area contributed by atoms with Gasteiger partial charge in [-0.1, -0.05) is 12.1 Å². The molecule has 4 aromatic rings. The minimum absolute atomic E-state index is 0. The van der Waals surface area contributed by atoms with Crippen molar-refractivity contribution in [2.45, 2.75) is 0 Å². The fourth-order valence-corrected chi connectivity index (χ4v) is 2.14. The number of halogens is 1. The Kier molecular flexibility index (Phi) is 13.1. The molecule has 0 amide bonds. The van der Waals surface area contributed by atoms with E-state index in [2.05, 4.69) is 114 Å². The second-order valence-corrected chi connectivity index (χ2v) is 4.77. The van der Waals surface area contributed by atoms with Gasteiger partial charge >= 0.3 is 26.2 Å². The third-order valence-corrected chi connectivity index (χ3v) is 3.10. The molecule has 0 bridgehead atoms. The van der Waals surface area contributed by atoms with Gasteiger partial charge in [-0.2, -0.15) is 35.0 Å². The first-order valence-corrected chi connectivity index (χ1v) is 7.51. The van der Waals surface area contributed by atoms with Gasteiger partial charge in [0.25, 0.3) is 0 Å². The fraction of sp³-hybridized carbons (Fsp3) is 0.0476. The third-order valence-electron chi connectivity index (χ3n) is 3.10. The molecule has 0 fully saturated rings. The van der Waals surface area contributed by atoms with Gasteiger partial charge in [-0.3, -0.25) is 4.29 Å². The summed E-state index contributed by atoms with van der Waals surface area (Å²) in [4.78, 5) is 0. The van der Waals surface area contributed by atoms with Crippen molar-refractivity contribution >= 4 is 33.4 Å². The van der Waals surface area contributed by atoms with Gasteiger partial charge in [0.05, 0.1) is 19.0 Å². The molecule has 122 valence electrons. The molecule has 1 nitrogen and oxygen atoms in total. The molecule has 4 aromatic carbocycles. The molecule has 0 aliphatic heterocycles. The van der Waals surface area contributed by atoms with Crippen molar-refractivity contribution < 1.29 is 30.5 Å². The predicted octanol–water partition coefficient (Wildman–Crippen LogP) is 6.70. The summed E-state index contributed by atoms with van der Waals surface area (Å²) in [6, 6.07) is 29.3. The van der Waals surface area contributed by atoms with Crippen LogP contribution in [0.25, 0.3) is 21.5 Å². The summed E-state index contributed by atoms with van der Waals surface area (Å²) in [5, 5.41) is 5.32. The van der Waals surface area contributed by atoms with Gasteiger partial charge in [-0.05, 0) is 0 Å². The smallest absolute Gasteiger partial charge is 0.283 e. The molecular weight excluding hydrogens is 395 g/mol. The number of hydrogen-bond donors (Lipinski definition) is 0. The van der Waals surface area contributed by atoms with Gasteiger partial charge in [0.15, 0.2) is 0 Å². The molecule has 0 aliphatic carbocycles. The van der Waals surface area contributed by atoms with E-state index in [9.17, 15) is 0 Å². The summed E-state index contributed by atoms with van der Waals surface area (Å²) in [5.41, 5.74) is 0. The molecule has 0 aliphatic rings. The van der Waals surface area contributed by atoms with Crippen molar-refractivity contribution in [3.63, 3.8) is 0 Å². The van der Waals surface area contributed by atoms with Crippen molar-refractivity contribution in [2.75, 3.05) is 7.11 Å². The second-order valence-electron chi connectivity index (χ2n) is 4.46.